The molecule has 3 atom stereocenters. The highest BCUT2D eigenvalue weighted by molar-refractivity contribution is 7.88. The highest BCUT2D eigenvalue weighted by Gasteiger charge is 2.47. The minimum absolute atomic E-state index is 0.0230. The summed E-state index contributed by atoms with van der Waals surface area (Å²) in [5.74, 6) is -1.27. The number of hydrogen-bond donors (Lipinski definition) is 1. The van der Waals surface area contributed by atoms with Crippen LogP contribution in [-0.2, 0) is 14.8 Å². The van der Waals surface area contributed by atoms with Crippen molar-refractivity contribution in [2.45, 2.75) is 24.8 Å². The smallest absolute Gasteiger partial charge is 0.226 e. The highest BCUT2D eigenvalue weighted by Crippen LogP contribution is 2.51. The van der Waals surface area contributed by atoms with Crippen LogP contribution in [0.4, 0.5) is 8.78 Å². The van der Waals surface area contributed by atoms with Crippen molar-refractivity contribution < 1.29 is 22.0 Å². The summed E-state index contributed by atoms with van der Waals surface area (Å²) < 4.78 is 53.2. The van der Waals surface area contributed by atoms with Crippen molar-refractivity contribution in [2.75, 3.05) is 19.3 Å². The summed E-state index contributed by atoms with van der Waals surface area (Å²) >= 11 is 1.41. The second kappa shape index (κ2) is 7.20. The van der Waals surface area contributed by atoms with Crippen LogP contribution in [0, 0.1) is 17.6 Å². The molecule has 1 N–H and O–H groups in total. The van der Waals surface area contributed by atoms with Gasteiger partial charge in [-0.3, -0.25) is 4.79 Å². The second-order valence-corrected chi connectivity index (χ2v) is 10.2. The quantitative estimate of drug-likeness (QED) is 0.800. The molecule has 2 heterocycles. The van der Waals surface area contributed by atoms with Gasteiger partial charge >= 0.3 is 0 Å². The first-order valence-corrected chi connectivity index (χ1v) is 11.8. The van der Waals surface area contributed by atoms with Crippen LogP contribution in [0.25, 0.3) is 11.1 Å². The largest absolute Gasteiger partial charge is 0.341 e. The predicted octanol–water partition coefficient (Wildman–Crippen LogP) is 2.95. The van der Waals surface area contributed by atoms with Crippen LogP contribution in [0.15, 0.2) is 29.6 Å². The molecular weight excluding hydrogens is 406 g/mol. The number of carbonyl (C=O) groups is 1. The third kappa shape index (κ3) is 3.97. The highest BCUT2D eigenvalue weighted by atomic mass is 32.2. The van der Waals surface area contributed by atoms with Crippen LogP contribution in [0.3, 0.4) is 0 Å². The van der Waals surface area contributed by atoms with Gasteiger partial charge in [0.15, 0.2) is 0 Å². The van der Waals surface area contributed by atoms with Gasteiger partial charge in [-0.05, 0) is 42.0 Å². The molecular formula is C19H20F2N2O3S2. The van der Waals surface area contributed by atoms with Crippen LogP contribution in [0.2, 0.25) is 0 Å². The number of thiophene rings is 1. The zero-order valence-electron chi connectivity index (χ0n) is 15.2. The van der Waals surface area contributed by atoms with E-state index in [1.165, 1.54) is 29.5 Å². The average molecular weight is 427 g/mol. The fourth-order valence-corrected chi connectivity index (χ4v) is 5.71. The number of rotatable bonds is 5. The van der Waals surface area contributed by atoms with Gasteiger partial charge in [0.2, 0.25) is 15.9 Å². The lowest BCUT2D eigenvalue weighted by Gasteiger charge is -2.16. The van der Waals surface area contributed by atoms with Crippen molar-refractivity contribution in [3.05, 3.63) is 46.2 Å². The Morgan fingerprint density at radius 3 is 2.68 bits per heavy atom. The first kappa shape index (κ1) is 19.5. The lowest BCUT2D eigenvalue weighted by atomic mass is 10.1. The van der Waals surface area contributed by atoms with Gasteiger partial charge in [0.05, 0.1) is 11.8 Å². The summed E-state index contributed by atoms with van der Waals surface area (Å²) in [5, 5.41) is 1.72. The molecule has 1 aliphatic carbocycles. The van der Waals surface area contributed by atoms with Crippen molar-refractivity contribution in [1.82, 2.24) is 9.62 Å². The topological polar surface area (TPSA) is 66.5 Å². The number of benzene rings is 1. The van der Waals surface area contributed by atoms with Crippen LogP contribution in [0.5, 0.6) is 0 Å². The Labute approximate surface area is 166 Å². The maximum absolute atomic E-state index is 14.0. The fraction of sp³-hybridized carbons (Fsp3) is 0.421. The Morgan fingerprint density at radius 2 is 2.00 bits per heavy atom. The summed E-state index contributed by atoms with van der Waals surface area (Å²) in [6.45, 7) is 0.913. The molecule has 9 heteroatoms. The molecule has 28 heavy (non-hydrogen) atoms. The molecule has 2 aromatic rings. The van der Waals surface area contributed by atoms with Crippen LogP contribution in [0.1, 0.15) is 23.6 Å². The molecule has 1 saturated carbocycles. The molecule has 0 unspecified atom stereocenters. The Kier molecular flexibility index (Phi) is 5.01. The molecule has 1 aromatic heterocycles. The number of sulfonamides is 1. The van der Waals surface area contributed by atoms with E-state index in [4.69, 9.17) is 0 Å². The van der Waals surface area contributed by atoms with Gasteiger partial charge in [-0.15, -0.1) is 11.3 Å². The first-order valence-electron chi connectivity index (χ1n) is 9.02. The van der Waals surface area contributed by atoms with Crippen molar-refractivity contribution in [1.29, 1.82) is 0 Å². The lowest BCUT2D eigenvalue weighted by Crippen LogP contribution is -2.38. The molecule has 0 bridgehead atoms. The summed E-state index contributed by atoms with van der Waals surface area (Å²) in [7, 11) is -3.29. The number of halogens is 2. The standard InChI is InChI=1S/C19H20F2N2O3S2/c1-28(25,26)22-12-5-6-23(9-12)19(24)14-8-13(14)17-7-11(10-27-17)18-15(20)3-2-4-16(18)21/h2-4,7,10,12-14,22H,5-6,8-9H2,1H3/t12-,13+,14+/m0/s1. The summed E-state index contributed by atoms with van der Waals surface area (Å²) in [5.41, 5.74) is 0.454. The van der Waals surface area contributed by atoms with E-state index in [-0.39, 0.29) is 29.3 Å². The molecule has 0 radical (unpaired) electrons. The van der Waals surface area contributed by atoms with Gasteiger partial charge < -0.3 is 4.90 Å². The van der Waals surface area contributed by atoms with Crippen molar-refractivity contribution in [3.8, 4) is 11.1 Å². The van der Waals surface area contributed by atoms with Gasteiger partial charge in [-0.2, -0.15) is 0 Å². The normalized spacial score (nSPS) is 24.5. The number of amides is 1. The molecule has 4 rings (SSSR count). The first-order chi connectivity index (χ1) is 13.2. The van der Waals surface area contributed by atoms with Gasteiger partial charge in [0.1, 0.15) is 11.6 Å². The van der Waals surface area contributed by atoms with Crippen LogP contribution >= 0.6 is 11.3 Å². The van der Waals surface area contributed by atoms with E-state index in [0.29, 0.717) is 31.5 Å². The molecule has 1 aromatic carbocycles. The molecule has 150 valence electrons. The van der Waals surface area contributed by atoms with Gasteiger partial charge in [0, 0.05) is 35.8 Å². The number of nitrogens with zero attached hydrogens (tertiary/aromatic N) is 1. The Balaban J connectivity index is 1.41. The van der Waals surface area contributed by atoms with Crippen molar-refractivity contribution in [2.24, 2.45) is 5.92 Å². The number of hydrogen-bond acceptors (Lipinski definition) is 4. The van der Waals surface area contributed by atoms with E-state index < -0.39 is 21.7 Å². The van der Waals surface area contributed by atoms with Crippen LogP contribution < -0.4 is 4.72 Å². The number of nitrogens with one attached hydrogen (secondary N) is 1. The minimum Gasteiger partial charge on any atom is -0.341 e. The zero-order valence-corrected chi connectivity index (χ0v) is 16.8. The lowest BCUT2D eigenvalue weighted by molar-refractivity contribution is -0.131. The monoisotopic (exact) mass is 426 g/mol. The summed E-state index contributed by atoms with van der Waals surface area (Å²) in [6, 6.07) is 5.32. The van der Waals surface area contributed by atoms with E-state index in [1.54, 1.807) is 16.3 Å². The van der Waals surface area contributed by atoms with Crippen molar-refractivity contribution in [3.63, 3.8) is 0 Å². The number of likely N-dealkylation sites (tertiary alicyclic amines) is 1. The summed E-state index contributed by atoms with van der Waals surface area (Å²) in [6.07, 6.45) is 2.42. The van der Waals surface area contributed by atoms with E-state index in [9.17, 15) is 22.0 Å². The van der Waals surface area contributed by atoms with E-state index >= 15 is 0 Å². The Hall–Kier alpha value is -1.84. The average Bonchev–Trinajstić information content (AvgIpc) is 3.02. The number of carbonyl (C=O) groups excluding carboxylic acids is 1. The van der Waals surface area contributed by atoms with E-state index in [0.717, 1.165) is 11.1 Å². The third-order valence-corrected chi connectivity index (χ3v) is 7.05. The van der Waals surface area contributed by atoms with E-state index in [2.05, 4.69) is 4.72 Å². The fourth-order valence-electron chi connectivity index (χ4n) is 3.83. The second-order valence-electron chi connectivity index (χ2n) is 7.44. The molecule has 1 saturated heterocycles. The van der Waals surface area contributed by atoms with Gasteiger partial charge in [-0.1, -0.05) is 6.07 Å². The zero-order chi connectivity index (χ0) is 20.1. The predicted molar refractivity (Wildman–Crippen MR) is 103 cm³/mol. The molecule has 2 aliphatic rings. The van der Waals surface area contributed by atoms with Gasteiger partial charge in [0.25, 0.3) is 0 Å². The molecule has 0 spiro atoms. The third-order valence-electron chi connectivity index (χ3n) is 5.22. The maximum atomic E-state index is 14.0. The SMILES string of the molecule is CS(=O)(=O)N[C@H]1CCN(C(=O)[C@@H]2C[C@H]2c2cc(-c3c(F)cccc3F)cs2)C1. The molecule has 5 nitrogen and oxygen atoms in total. The van der Waals surface area contributed by atoms with Crippen LogP contribution in [-0.4, -0.2) is 44.6 Å². The van der Waals surface area contributed by atoms with E-state index in [1.807, 2.05) is 0 Å². The molecule has 1 amide bonds. The summed E-state index contributed by atoms with van der Waals surface area (Å²) in [4.78, 5) is 15.4. The molecule has 1 aliphatic heterocycles. The maximum Gasteiger partial charge on any atom is 0.226 e. The van der Waals surface area contributed by atoms with Gasteiger partial charge in [-0.25, -0.2) is 21.9 Å². The molecule has 2 fully saturated rings. The van der Waals surface area contributed by atoms with Crippen molar-refractivity contribution >= 4 is 27.3 Å². The Bertz CT molecular complexity index is 1000. The minimum atomic E-state index is -3.29. The Morgan fingerprint density at radius 1 is 1.29 bits per heavy atom.